The molecule has 0 aliphatic rings. The third-order valence-corrected chi connectivity index (χ3v) is 3.42. The van der Waals surface area contributed by atoms with Crippen LogP contribution in [0.4, 0.5) is 5.69 Å². The minimum atomic E-state index is -1.09. The van der Waals surface area contributed by atoms with Crippen LogP contribution in [0.1, 0.15) is 26.3 Å². The molecule has 4 nitrogen and oxygen atoms in total. The van der Waals surface area contributed by atoms with Gasteiger partial charge in [-0.05, 0) is 47.1 Å². The molecule has 0 unspecified atom stereocenters. The molecule has 20 heavy (non-hydrogen) atoms. The number of aromatic carboxylic acids is 1. The lowest BCUT2D eigenvalue weighted by Crippen LogP contribution is -2.15. The smallest absolute Gasteiger partial charge is 0.337 e. The Balaban J connectivity index is 2.35. The largest absolute Gasteiger partial charge is 0.478 e. The van der Waals surface area contributed by atoms with E-state index in [1.165, 1.54) is 6.07 Å². The summed E-state index contributed by atoms with van der Waals surface area (Å²) in [5.41, 5.74) is 1.74. The van der Waals surface area contributed by atoms with Crippen molar-refractivity contribution >= 4 is 33.5 Å². The Labute approximate surface area is 124 Å². The fourth-order valence-corrected chi connectivity index (χ4v) is 2.27. The number of hydrogen-bond donors (Lipinski definition) is 2. The average molecular weight is 334 g/mol. The van der Waals surface area contributed by atoms with E-state index in [1.807, 2.05) is 13.0 Å². The number of anilines is 1. The van der Waals surface area contributed by atoms with Gasteiger partial charge in [0.2, 0.25) is 0 Å². The van der Waals surface area contributed by atoms with Crippen molar-refractivity contribution in [2.45, 2.75) is 6.92 Å². The number of rotatable bonds is 3. The molecule has 5 heteroatoms. The minimum absolute atomic E-state index is 0.0420. The van der Waals surface area contributed by atoms with Gasteiger partial charge in [0.25, 0.3) is 5.91 Å². The van der Waals surface area contributed by atoms with Crippen LogP contribution < -0.4 is 5.32 Å². The van der Waals surface area contributed by atoms with Gasteiger partial charge in [0.15, 0.2) is 0 Å². The SMILES string of the molecule is Cc1cccc(C(=O)Nc2c(Br)cccc2C(=O)O)c1. The van der Waals surface area contributed by atoms with Crippen molar-refractivity contribution in [3.8, 4) is 0 Å². The molecule has 2 aromatic carbocycles. The first-order chi connectivity index (χ1) is 9.49. The van der Waals surface area contributed by atoms with Gasteiger partial charge in [-0.15, -0.1) is 0 Å². The molecule has 0 saturated carbocycles. The number of nitrogens with one attached hydrogen (secondary N) is 1. The molecule has 2 rings (SSSR count). The van der Waals surface area contributed by atoms with Gasteiger partial charge in [0, 0.05) is 10.0 Å². The van der Waals surface area contributed by atoms with Gasteiger partial charge in [0.1, 0.15) is 0 Å². The average Bonchev–Trinajstić information content (AvgIpc) is 2.40. The van der Waals surface area contributed by atoms with E-state index in [0.717, 1.165) is 5.56 Å². The molecular formula is C15H12BrNO3. The zero-order valence-electron chi connectivity index (χ0n) is 10.7. The van der Waals surface area contributed by atoms with Gasteiger partial charge >= 0.3 is 5.97 Å². The summed E-state index contributed by atoms with van der Waals surface area (Å²) < 4.78 is 0.526. The lowest BCUT2D eigenvalue weighted by Gasteiger charge is -2.10. The van der Waals surface area contributed by atoms with Gasteiger partial charge in [-0.3, -0.25) is 4.79 Å². The first-order valence-electron chi connectivity index (χ1n) is 5.89. The summed E-state index contributed by atoms with van der Waals surface area (Å²) >= 11 is 3.25. The van der Waals surface area contributed by atoms with Gasteiger partial charge in [-0.2, -0.15) is 0 Å². The molecule has 0 atom stereocenters. The number of hydrogen-bond acceptors (Lipinski definition) is 2. The number of carbonyl (C=O) groups excluding carboxylic acids is 1. The molecule has 102 valence electrons. The number of carboxylic acid groups (broad SMARTS) is 1. The van der Waals surface area contributed by atoms with Crippen LogP contribution >= 0.6 is 15.9 Å². The lowest BCUT2D eigenvalue weighted by atomic mass is 10.1. The molecule has 2 N–H and O–H groups in total. The van der Waals surface area contributed by atoms with Crippen LogP contribution in [-0.2, 0) is 0 Å². The second-order valence-corrected chi connectivity index (χ2v) is 5.15. The second kappa shape index (κ2) is 5.88. The minimum Gasteiger partial charge on any atom is -0.478 e. The fraction of sp³-hybridized carbons (Fsp3) is 0.0667. The van der Waals surface area contributed by atoms with Crippen LogP contribution in [0.3, 0.4) is 0 Å². The third-order valence-electron chi connectivity index (χ3n) is 2.76. The van der Waals surface area contributed by atoms with E-state index >= 15 is 0 Å². The van der Waals surface area contributed by atoms with E-state index in [-0.39, 0.29) is 17.2 Å². The molecule has 0 bridgehead atoms. The maximum atomic E-state index is 12.2. The standard InChI is InChI=1S/C15H12BrNO3/c1-9-4-2-5-10(8-9)14(18)17-13-11(15(19)20)6-3-7-12(13)16/h2-8H,1H3,(H,17,18)(H,19,20). The number of benzene rings is 2. The fourth-order valence-electron chi connectivity index (χ4n) is 1.80. The molecule has 1 amide bonds. The van der Waals surface area contributed by atoms with Crippen molar-refractivity contribution in [1.82, 2.24) is 0 Å². The number of aryl methyl sites for hydroxylation is 1. The summed E-state index contributed by atoms with van der Waals surface area (Å²) in [4.78, 5) is 23.3. The van der Waals surface area contributed by atoms with Crippen molar-refractivity contribution in [3.05, 3.63) is 63.6 Å². The zero-order chi connectivity index (χ0) is 14.7. The molecule has 0 heterocycles. The predicted octanol–water partition coefficient (Wildman–Crippen LogP) is 3.71. The van der Waals surface area contributed by atoms with Gasteiger partial charge in [0.05, 0.1) is 11.3 Å². The summed E-state index contributed by atoms with van der Waals surface area (Å²) in [6, 6.07) is 11.8. The normalized spacial score (nSPS) is 10.1. The Kier molecular flexibility index (Phi) is 4.20. The Morgan fingerprint density at radius 2 is 1.85 bits per heavy atom. The highest BCUT2D eigenvalue weighted by Gasteiger charge is 2.16. The number of para-hydroxylation sites is 1. The van der Waals surface area contributed by atoms with E-state index in [2.05, 4.69) is 21.2 Å². The summed E-state index contributed by atoms with van der Waals surface area (Å²) in [5.74, 6) is -1.44. The van der Waals surface area contributed by atoms with Gasteiger partial charge in [-0.1, -0.05) is 23.8 Å². The van der Waals surface area contributed by atoms with E-state index in [9.17, 15) is 9.59 Å². The van der Waals surface area contributed by atoms with Gasteiger partial charge < -0.3 is 10.4 Å². The first kappa shape index (κ1) is 14.3. The third kappa shape index (κ3) is 3.05. The molecule has 0 spiro atoms. The Hall–Kier alpha value is -2.14. The monoisotopic (exact) mass is 333 g/mol. The highest BCUT2D eigenvalue weighted by atomic mass is 79.9. The zero-order valence-corrected chi connectivity index (χ0v) is 12.3. The highest BCUT2D eigenvalue weighted by Crippen LogP contribution is 2.27. The molecule has 2 aromatic rings. The van der Waals surface area contributed by atoms with E-state index in [1.54, 1.807) is 30.3 Å². The van der Waals surface area contributed by atoms with Crippen molar-refractivity contribution in [2.75, 3.05) is 5.32 Å². The quantitative estimate of drug-likeness (QED) is 0.899. The lowest BCUT2D eigenvalue weighted by molar-refractivity contribution is 0.0698. The Bertz CT molecular complexity index is 683. The summed E-state index contributed by atoms with van der Waals surface area (Å²) in [5, 5.41) is 11.8. The maximum Gasteiger partial charge on any atom is 0.337 e. The van der Waals surface area contributed by atoms with Crippen LogP contribution in [-0.4, -0.2) is 17.0 Å². The first-order valence-corrected chi connectivity index (χ1v) is 6.68. The van der Waals surface area contributed by atoms with Crippen molar-refractivity contribution in [2.24, 2.45) is 0 Å². The number of amides is 1. The Morgan fingerprint density at radius 3 is 2.50 bits per heavy atom. The maximum absolute atomic E-state index is 12.2. The molecule has 0 radical (unpaired) electrons. The van der Waals surface area contributed by atoms with Crippen molar-refractivity contribution < 1.29 is 14.7 Å². The number of carboxylic acids is 1. The van der Waals surface area contributed by atoms with Crippen LogP contribution in [0, 0.1) is 6.92 Å². The van der Waals surface area contributed by atoms with E-state index in [4.69, 9.17) is 5.11 Å². The van der Waals surface area contributed by atoms with Gasteiger partial charge in [-0.25, -0.2) is 4.79 Å². The van der Waals surface area contributed by atoms with Crippen LogP contribution in [0.15, 0.2) is 46.9 Å². The summed E-state index contributed by atoms with van der Waals surface area (Å²) in [6.45, 7) is 1.89. The molecule has 0 aromatic heterocycles. The summed E-state index contributed by atoms with van der Waals surface area (Å²) in [6.07, 6.45) is 0. The predicted molar refractivity (Wildman–Crippen MR) is 80.2 cm³/mol. The van der Waals surface area contributed by atoms with Crippen LogP contribution in [0.25, 0.3) is 0 Å². The van der Waals surface area contributed by atoms with Crippen LogP contribution in [0.5, 0.6) is 0 Å². The summed E-state index contributed by atoms with van der Waals surface area (Å²) in [7, 11) is 0. The number of carbonyl (C=O) groups is 2. The topological polar surface area (TPSA) is 66.4 Å². The molecule has 0 aliphatic heterocycles. The van der Waals surface area contributed by atoms with Crippen molar-refractivity contribution in [3.63, 3.8) is 0 Å². The van der Waals surface area contributed by atoms with E-state index in [0.29, 0.717) is 10.0 Å². The van der Waals surface area contributed by atoms with Crippen molar-refractivity contribution in [1.29, 1.82) is 0 Å². The second-order valence-electron chi connectivity index (χ2n) is 4.29. The Morgan fingerprint density at radius 1 is 1.15 bits per heavy atom. The number of halogens is 1. The molecule has 0 aliphatic carbocycles. The van der Waals surface area contributed by atoms with E-state index < -0.39 is 5.97 Å². The molecule has 0 fully saturated rings. The van der Waals surface area contributed by atoms with Crippen LogP contribution in [0.2, 0.25) is 0 Å². The molecular weight excluding hydrogens is 322 g/mol. The molecule has 0 saturated heterocycles. The highest BCUT2D eigenvalue weighted by molar-refractivity contribution is 9.10.